The molecule has 3 heterocycles. The lowest BCUT2D eigenvalue weighted by atomic mass is 10.1. The predicted molar refractivity (Wildman–Crippen MR) is 133 cm³/mol. The molecule has 0 atom stereocenters. The summed E-state index contributed by atoms with van der Waals surface area (Å²) >= 11 is 0. The molecule has 0 radical (unpaired) electrons. The Hall–Kier alpha value is -3.50. The van der Waals surface area contributed by atoms with Gasteiger partial charge in [-0.3, -0.25) is 0 Å². The van der Waals surface area contributed by atoms with Crippen molar-refractivity contribution in [2.75, 3.05) is 23.3 Å². The van der Waals surface area contributed by atoms with Crippen molar-refractivity contribution in [2.24, 2.45) is 12.2 Å². The van der Waals surface area contributed by atoms with E-state index in [1.807, 2.05) is 37.4 Å². The minimum atomic E-state index is -3.72. The van der Waals surface area contributed by atoms with Crippen LogP contribution in [0.3, 0.4) is 0 Å². The van der Waals surface area contributed by atoms with E-state index in [4.69, 9.17) is 20.2 Å². The first-order valence-corrected chi connectivity index (χ1v) is 12.9. The van der Waals surface area contributed by atoms with Gasteiger partial charge in [0.15, 0.2) is 5.65 Å². The van der Waals surface area contributed by atoms with Crippen LogP contribution in [0.4, 0.5) is 11.8 Å². The molecule has 0 bridgehead atoms. The topological polar surface area (TPSA) is 119 Å². The minimum Gasteiger partial charge on any atom is -0.365 e. The Labute approximate surface area is 198 Å². The molecule has 1 aliphatic rings. The summed E-state index contributed by atoms with van der Waals surface area (Å²) in [5.41, 5.74) is 3.48. The molecule has 2 aromatic heterocycles. The van der Waals surface area contributed by atoms with Crippen LogP contribution in [0.2, 0.25) is 0 Å². The summed E-state index contributed by atoms with van der Waals surface area (Å²) in [5.74, 6) is 1.40. The molecule has 1 fully saturated rings. The molecule has 0 aliphatic carbocycles. The van der Waals surface area contributed by atoms with Crippen molar-refractivity contribution in [2.45, 2.75) is 30.7 Å². The summed E-state index contributed by atoms with van der Waals surface area (Å²) in [7, 11) is -1.82. The molecule has 1 saturated heterocycles. The molecule has 0 saturated carbocycles. The monoisotopic (exact) mass is 477 g/mol. The number of piperidine rings is 1. The molecule has 10 heteroatoms. The van der Waals surface area contributed by atoms with Crippen LogP contribution in [0.15, 0.2) is 59.5 Å². The highest BCUT2D eigenvalue weighted by molar-refractivity contribution is 7.89. The fourth-order valence-corrected chi connectivity index (χ4v) is 4.80. The van der Waals surface area contributed by atoms with E-state index < -0.39 is 10.0 Å². The lowest BCUT2D eigenvalue weighted by Gasteiger charge is -2.27. The zero-order chi connectivity index (χ0) is 23.7. The van der Waals surface area contributed by atoms with Crippen molar-refractivity contribution >= 4 is 32.8 Å². The highest BCUT2D eigenvalue weighted by atomic mass is 32.2. The first-order valence-electron chi connectivity index (χ1n) is 11.3. The zero-order valence-electron chi connectivity index (χ0n) is 19.0. The Morgan fingerprint density at radius 1 is 0.971 bits per heavy atom. The summed E-state index contributed by atoms with van der Waals surface area (Å²) in [4.78, 5) is 12.1. The lowest BCUT2D eigenvalue weighted by Crippen LogP contribution is -2.31. The number of nitrogens with zero attached hydrogens (tertiary/aromatic N) is 5. The number of nitrogens with one attached hydrogen (secondary N) is 1. The maximum absolute atomic E-state index is 11.6. The van der Waals surface area contributed by atoms with Gasteiger partial charge in [0.2, 0.25) is 16.0 Å². The van der Waals surface area contributed by atoms with E-state index in [9.17, 15) is 8.42 Å². The van der Waals surface area contributed by atoms with Crippen molar-refractivity contribution in [1.29, 1.82) is 0 Å². The zero-order valence-corrected chi connectivity index (χ0v) is 19.8. The molecule has 3 N–H and O–H groups in total. The molecule has 176 valence electrons. The quantitative estimate of drug-likeness (QED) is 0.437. The van der Waals surface area contributed by atoms with Crippen LogP contribution in [-0.2, 0) is 23.6 Å². The largest absolute Gasteiger partial charge is 0.365 e. The van der Waals surface area contributed by atoms with Crippen LogP contribution in [0.1, 0.15) is 24.8 Å². The summed E-state index contributed by atoms with van der Waals surface area (Å²) in [6, 6.07) is 16.5. The SMILES string of the molecule is Cn1nc(-c2ccccc2)c2c(NCc3ccc(S(N)(=O)=O)cc3)nc(N3CCCCC3)nc21. The third-order valence-electron chi connectivity index (χ3n) is 6.07. The van der Waals surface area contributed by atoms with E-state index in [1.54, 1.807) is 16.8 Å². The number of sulfonamides is 1. The third-order valence-corrected chi connectivity index (χ3v) is 7.00. The molecule has 4 aromatic rings. The number of hydrogen-bond acceptors (Lipinski definition) is 7. The summed E-state index contributed by atoms with van der Waals surface area (Å²) < 4.78 is 24.9. The molecule has 1 aliphatic heterocycles. The van der Waals surface area contributed by atoms with E-state index in [1.165, 1.54) is 18.6 Å². The van der Waals surface area contributed by atoms with Crippen molar-refractivity contribution < 1.29 is 8.42 Å². The second kappa shape index (κ2) is 9.03. The summed E-state index contributed by atoms with van der Waals surface area (Å²) in [6.07, 6.45) is 3.48. The highest BCUT2D eigenvalue weighted by Gasteiger charge is 2.22. The Bertz CT molecular complexity index is 1410. The number of benzene rings is 2. The molecule has 5 rings (SSSR count). The number of nitrogens with two attached hydrogens (primary N) is 1. The van der Waals surface area contributed by atoms with Crippen LogP contribution in [0.25, 0.3) is 22.3 Å². The van der Waals surface area contributed by atoms with Gasteiger partial charge in [0.1, 0.15) is 11.5 Å². The first kappa shape index (κ1) is 22.3. The van der Waals surface area contributed by atoms with Gasteiger partial charge >= 0.3 is 0 Å². The van der Waals surface area contributed by atoms with Gasteiger partial charge in [-0.25, -0.2) is 18.2 Å². The molecular weight excluding hydrogens is 450 g/mol. The van der Waals surface area contributed by atoms with E-state index in [-0.39, 0.29) is 4.90 Å². The average Bonchev–Trinajstić information content (AvgIpc) is 3.20. The summed E-state index contributed by atoms with van der Waals surface area (Å²) in [5, 5.41) is 14.3. The van der Waals surface area contributed by atoms with Crippen LogP contribution >= 0.6 is 0 Å². The van der Waals surface area contributed by atoms with Crippen molar-refractivity contribution in [3.63, 3.8) is 0 Å². The first-order chi connectivity index (χ1) is 16.4. The fourth-order valence-electron chi connectivity index (χ4n) is 4.28. The van der Waals surface area contributed by atoms with Crippen LogP contribution in [0.5, 0.6) is 0 Å². The number of anilines is 2. The van der Waals surface area contributed by atoms with E-state index in [2.05, 4.69) is 10.2 Å². The second-order valence-corrected chi connectivity index (χ2v) is 10.1. The number of fused-ring (bicyclic) bond motifs is 1. The number of aromatic nitrogens is 4. The van der Waals surface area contributed by atoms with Gasteiger partial charge < -0.3 is 10.2 Å². The Morgan fingerprint density at radius 3 is 2.35 bits per heavy atom. The van der Waals surface area contributed by atoms with E-state index >= 15 is 0 Å². The molecule has 0 unspecified atom stereocenters. The maximum atomic E-state index is 11.6. The maximum Gasteiger partial charge on any atom is 0.238 e. The normalized spacial score (nSPS) is 14.5. The average molecular weight is 478 g/mol. The Morgan fingerprint density at radius 2 is 1.68 bits per heavy atom. The van der Waals surface area contributed by atoms with Gasteiger partial charge in [-0.1, -0.05) is 42.5 Å². The van der Waals surface area contributed by atoms with E-state index in [0.29, 0.717) is 18.3 Å². The van der Waals surface area contributed by atoms with Crippen LogP contribution in [-0.4, -0.2) is 41.3 Å². The molecule has 34 heavy (non-hydrogen) atoms. The van der Waals surface area contributed by atoms with Crippen molar-refractivity contribution in [3.05, 3.63) is 60.2 Å². The number of hydrogen-bond donors (Lipinski definition) is 2. The van der Waals surface area contributed by atoms with Crippen LogP contribution in [0, 0.1) is 0 Å². The summed E-state index contributed by atoms with van der Waals surface area (Å²) in [6.45, 7) is 2.33. The van der Waals surface area contributed by atoms with Gasteiger partial charge in [-0.2, -0.15) is 15.1 Å². The van der Waals surface area contributed by atoms with Crippen LogP contribution < -0.4 is 15.4 Å². The van der Waals surface area contributed by atoms with Crippen molar-refractivity contribution in [1.82, 2.24) is 19.7 Å². The molecular formula is C24H27N7O2S. The highest BCUT2D eigenvalue weighted by Crippen LogP contribution is 2.33. The van der Waals surface area contributed by atoms with E-state index in [0.717, 1.165) is 53.8 Å². The van der Waals surface area contributed by atoms with Gasteiger partial charge in [0.05, 0.1) is 10.3 Å². The smallest absolute Gasteiger partial charge is 0.238 e. The fraction of sp³-hybridized carbons (Fsp3) is 0.292. The van der Waals surface area contributed by atoms with Crippen molar-refractivity contribution in [3.8, 4) is 11.3 Å². The lowest BCUT2D eigenvalue weighted by molar-refractivity contribution is 0.568. The van der Waals surface area contributed by atoms with Gasteiger partial charge in [-0.15, -0.1) is 0 Å². The molecule has 0 spiro atoms. The molecule has 0 amide bonds. The molecule has 9 nitrogen and oxygen atoms in total. The Kier molecular flexibility index (Phi) is 5.93. The minimum absolute atomic E-state index is 0.0895. The Balaban J connectivity index is 1.56. The third kappa shape index (κ3) is 4.46. The number of aryl methyl sites for hydroxylation is 1. The molecule has 2 aromatic carbocycles. The van der Waals surface area contributed by atoms with Gasteiger partial charge in [0, 0.05) is 32.2 Å². The number of rotatable bonds is 6. The second-order valence-electron chi connectivity index (χ2n) is 8.50. The standard InChI is InChI=1S/C24H27N7O2S/c1-30-23-20(21(29-30)18-8-4-2-5-9-18)22(27-24(28-23)31-14-6-3-7-15-31)26-16-17-10-12-19(13-11-17)34(25,32)33/h2,4-5,8-13H,3,6-7,14-16H2,1H3,(H2,25,32,33)(H,26,27,28). The predicted octanol–water partition coefficient (Wildman–Crippen LogP) is 3.28. The number of primary sulfonamides is 1. The van der Waals surface area contributed by atoms with Gasteiger partial charge in [-0.05, 0) is 37.0 Å². The van der Waals surface area contributed by atoms with Gasteiger partial charge in [0.25, 0.3) is 0 Å².